The number of amides is 2. The summed E-state index contributed by atoms with van der Waals surface area (Å²) in [5.74, 6) is -0.699. The van der Waals surface area contributed by atoms with Crippen LogP contribution >= 0.6 is 23.4 Å². The highest BCUT2D eigenvalue weighted by atomic mass is 35.5. The standard InChI is InChI=1S/C47H56ClF3N6O7S3/c1-46(2,3)64-45(59)57-24-22-41(33-11-15-36(48)16-12-33)35(31-57)30-55-25-27-56(28-26-55)38-17-13-34(14-18-38)44(58)53-67(62,63)40-19-20-42(43(29-40)66(60,61)47(49,50)51)52-37(21-23-54(4)5)32-65-39-9-7-6-8-10-39/h6-20,29,37,52H,21-28,30-32H2,1-5H3,(H,53,58)/t37-/m1/s1. The van der Waals surface area contributed by atoms with Crippen molar-refractivity contribution in [3.05, 3.63) is 119 Å². The van der Waals surface area contributed by atoms with Crippen LogP contribution in [-0.4, -0.2) is 133 Å². The fourth-order valence-corrected chi connectivity index (χ4v) is 10.8. The topological polar surface area (TPSA) is 149 Å². The van der Waals surface area contributed by atoms with Crippen molar-refractivity contribution in [1.82, 2.24) is 19.4 Å². The molecule has 67 heavy (non-hydrogen) atoms. The molecule has 2 amide bonds. The Bertz CT molecular complexity index is 2620. The first-order valence-electron chi connectivity index (χ1n) is 21.6. The number of nitrogens with one attached hydrogen (secondary N) is 2. The van der Waals surface area contributed by atoms with E-state index in [-0.39, 0.29) is 11.7 Å². The fraction of sp³-hybridized carbons (Fsp3) is 0.404. The van der Waals surface area contributed by atoms with Gasteiger partial charge >= 0.3 is 11.6 Å². The van der Waals surface area contributed by atoms with Crippen molar-refractivity contribution in [2.24, 2.45) is 0 Å². The Hall–Kier alpha value is -4.79. The van der Waals surface area contributed by atoms with Crippen LogP contribution in [0.4, 0.5) is 29.3 Å². The normalized spacial score (nSPS) is 16.0. The maximum Gasteiger partial charge on any atom is 0.501 e. The Labute approximate surface area is 400 Å². The van der Waals surface area contributed by atoms with E-state index in [1.807, 2.05) is 99.1 Å². The third-order valence-electron chi connectivity index (χ3n) is 11.1. The highest BCUT2D eigenvalue weighted by Crippen LogP contribution is 2.37. The molecular weight excluding hydrogens is 949 g/mol. The molecule has 362 valence electrons. The number of sulfonamides is 1. The van der Waals surface area contributed by atoms with Crippen molar-refractivity contribution in [3.8, 4) is 0 Å². The van der Waals surface area contributed by atoms with E-state index in [1.54, 1.807) is 17.0 Å². The molecule has 2 heterocycles. The SMILES string of the molecule is CN(C)CC[C@H](CSc1ccccc1)Nc1ccc(S(=O)(=O)NC(=O)c2ccc(N3CCN(CC4=C(c5ccc(Cl)cc5)CCN(C(=O)OC(C)(C)C)C4)CC3)cc2)cc1S(=O)(=O)C(F)(F)F. The number of thioether (sulfide) groups is 1. The molecule has 2 aliphatic heterocycles. The molecule has 1 atom stereocenters. The molecule has 0 saturated carbocycles. The minimum absolute atomic E-state index is 0.0412. The summed E-state index contributed by atoms with van der Waals surface area (Å²) in [4.78, 5) is 33.2. The molecule has 6 rings (SSSR count). The molecule has 4 aromatic rings. The molecule has 1 fully saturated rings. The van der Waals surface area contributed by atoms with Gasteiger partial charge in [-0.25, -0.2) is 26.4 Å². The number of hydrogen-bond donors (Lipinski definition) is 2. The van der Waals surface area contributed by atoms with Gasteiger partial charge in [-0.2, -0.15) is 13.2 Å². The van der Waals surface area contributed by atoms with Gasteiger partial charge in [0.25, 0.3) is 25.8 Å². The van der Waals surface area contributed by atoms with E-state index in [9.17, 15) is 39.6 Å². The average Bonchev–Trinajstić information content (AvgIpc) is 3.27. The van der Waals surface area contributed by atoms with E-state index in [0.717, 1.165) is 33.9 Å². The number of alkyl halides is 3. The van der Waals surface area contributed by atoms with Gasteiger partial charge in [0.2, 0.25) is 0 Å². The van der Waals surface area contributed by atoms with Crippen molar-refractivity contribution in [2.45, 2.75) is 65.5 Å². The molecule has 0 unspecified atom stereocenters. The summed E-state index contributed by atoms with van der Waals surface area (Å²) >= 11 is 7.62. The van der Waals surface area contributed by atoms with Gasteiger partial charge in [-0.15, -0.1) is 11.8 Å². The Balaban J connectivity index is 1.12. The van der Waals surface area contributed by atoms with Crippen LogP contribution in [-0.2, 0) is 24.6 Å². The smallest absolute Gasteiger partial charge is 0.444 e. The second-order valence-corrected chi connectivity index (χ2v) is 22.8. The maximum absolute atomic E-state index is 14.1. The van der Waals surface area contributed by atoms with E-state index in [0.29, 0.717) is 82.0 Å². The van der Waals surface area contributed by atoms with Gasteiger partial charge < -0.3 is 24.8 Å². The molecule has 13 nitrogen and oxygen atoms in total. The van der Waals surface area contributed by atoms with Gasteiger partial charge in [0.1, 0.15) is 10.5 Å². The number of nitrogens with zero attached hydrogens (tertiary/aromatic N) is 4. The first kappa shape index (κ1) is 51.6. The molecule has 0 aromatic heterocycles. The van der Waals surface area contributed by atoms with Crippen LogP contribution in [0.5, 0.6) is 0 Å². The van der Waals surface area contributed by atoms with E-state index >= 15 is 0 Å². The number of hydrogen-bond acceptors (Lipinski definition) is 12. The van der Waals surface area contributed by atoms with Crippen molar-refractivity contribution < 1.29 is 44.3 Å². The van der Waals surface area contributed by atoms with Crippen LogP contribution in [0.3, 0.4) is 0 Å². The Morgan fingerprint density at radius 3 is 2.13 bits per heavy atom. The summed E-state index contributed by atoms with van der Waals surface area (Å²) in [6.07, 6.45) is 0.725. The summed E-state index contributed by atoms with van der Waals surface area (Å²) in [5.41, 5.74) is -2.72. The molecule has 2 aliphatic rings. The molecule has 20 heteroatoms. The summed E-state index contributed by atoms with van der Waals surface area (Å²) < 4.78 is 103. The van der Waals surface area contributed by atoms with Crippen molar-refractivity contribution in [3.63, 3.8) is 0 Å². The van der Waals surface area contributed by atoms with Crippen LogP contribution in [0.25, 0.3) is 5.57 Å². The van der Waals surface area contributed by atoms with Crippen LogP contribution in [0.2, 0.25) is 5.02 Å². The number of rotatable bonds is 16. The lowest BCUT2D eigenvalue weighted by molar-refractivity contribution is -0.0436. The maximum atomic E-state index is 14.1. The van der Waals surface area contributed by atoms with Gasteiger partial charge in [0.15, 0.2) is 0 Å². The second-order valence-electron chi connectivity index (χ2n) is 17.7. The molecule has 1 saturated heterocycles. The predicted octanol–water partition coefficient (Wildman–Crippen LogP) is 8.49. The van der Waals surface area contributed by atoms with Crippen molar-refractivity contribution in [1.29, 1.82) is 0 Å². The average molecular weight is 1010 g/mol. The van der Waals surface area contributed by atoms with E-state index in [2.05, 4.69) is 15.1 Å². The lowest BCUT2D eigenvalue weighted by atomic mass is 9.93. The summed E-state index contributed by atoms with van der Waals surface area (Å²) in [7, 11) is -7.27. The number of anilines is 2. The number of sulfone groups is 1. The summed E-state index contributed by atoms with van der Waals surface area (Å²) in [6.45, 7) is 10.3. The van der Waals surface area contributed by atoms with E-state index in [1.165, 1.54) is 29.5 Å². The highest BCUT2D eigenvalue weighted by molar-refractivity contribution is 7.99. The highest BCUT2D eigenvalue weighted by Gasteiger charge is 2.48. The fourth-order valence-electron chi connectivity index (χ4n) is 7.63. The van der Waals surface area contributed by atoms with Gasteiger partial charge in [-0.1, -0.05) is 41.9 Å². The third-order valence-corrected chi connectivity index (χ3v) is 15.4. The van der Waals surface area contributed by atoms with Crippen molar-refractivity contribution in [2.75, 3.05) is 82.4 Å². The minimum Gasteiger partial charge on any atom is -0.444 e. The molecule has 0 bridgehead atoms. The van der Waals surface area contributed by atoms with E-state index in [4.69, 9.17) is 16.3 Å². The minimum atomic E-state index is -6.06. The summed E-state index contributed by atoms with van der Waals surface area (Å²) in [6, 6.07) is 25.1. The van der Waals surface area contributed by atoms with Crippen LogP contribution in [0.15, 0.2) is 117 Å². The Morgan fingerprint density at radius 1 is 0.866 bits per heavy atom. The molecule has 2 N–H and O–H groups in total. The first-order valence-corrected chi connectivity index (χ1v) is 26.0. The molecular formula is C47H56ClF3N6O7S3. The molecule has 0 radical (unpaired) electrons. The lowest BCUT2D eigenvalue weighted by Gasteiger charge is -2.39. The van der Waals surface area contributed by atoms with Crippen molar-refractivity contribution >= 4 is 72.2 Å². The quantitative estimate of drug-likeness (QED) is 0.104. The largest absolute Gasteiger partial charge is 0.501 e. The lowest BCUT2D eigenvalue weighted by Crippen LogP contribution is -2.48. The first-order chi connectivity index (χ1) is 31.5. The zero-order valence-corrected chi connectivity index (χ0v) is 41.2. The zero-order valence-electron chi connectivity index (χ0n) is 38.0. The number of carbonyl (C=O) groups is 2. The number of carbonyl (C=O) groups excluding carboxylic acids is 2. The number of piperazine rings is 1. The van der Waals surface area contributed by atoms with Gasteiger partial charge in [0.05, 0.1) is 10.6 Å². The summed E-state index contributed by atoms with van der Waals surface area (Å²) in [5, 5.41) is 3.57. The van der Waals surface area contributed by atoms with E-state index < -0.39 is 58.4 Å². The van der Waals surface area contributed by atoms with Gasteiger partial charge in [-0.3, -0.25) is 9.69 Å². The number of ether oxygens (including phenoxy) is 1. The van der Waals surface area contributed by atoms with Crippen LogP contribution < -0.4 is 14.9 Å². The number of halogens is 4. The zero-order chi connectivity index (χ0) is 48.7. The van der Waals surface area contributed by atoms with Crippen LogP contribution in [0.1, 0.15) is 49.5 Å². The third kappa shape index (κ3) is 13.9. The van der Waals surface area contributed by atoms with Gasteiger partial charge in [-0.05, 0) is 138 Å². The molecule has 4 aromatic carbocycles. The number of benzene rings is 4. The monoisotopic (exact) mass is 1000 g/mol. The van der Waals surface area contributed by atoms with Gasteiger partial charge in [0, 0.05) is 78.8 Å². The molecule has 0 aliphatic carbocycles. The Morgan fingerprint density at radius 2 is 1.52 bits per heavy atom. The molecule has 0 spiro atoms. The van der Waals surface area contributed by atoms with Crippen LogP contribution in [0, 0.1) is 0 Å². The Kier molecular flexibility index (Phi) is 16.7. The second kappa shape index (κ2) is 21.7. The predicted molar refractivity (Wildman–Crippen MR) is 258 cm³/mol.